The van der Waals surface area contributed by atoms with E-state index in [2.05, 4.69) is 6.07 Å². The van der Waals surface area contributed by atoms with Crippen molar-refractivity contribution in [3.63, 3.8) is 0 Å². The zero-order valence-electron chi connectivity index (χ0n) is 17.8. The highest BCUT2D eigenvalue weighted by atomic mass is 16.5. The summed E-state index contributed by atoms with van der Waals surface area (Å²) < 4.78 is 20.1. The fraction of sp³-hybridized carbons (Fsp3) is 0.333. The first-order valence-electron chi connectivity index (χ1n) is 9.59. The van der Waals surface area contributed by atoms with Crippen molar-refractivity contribution in [1.82, 2.24) is 0 Å². The van der Waals surface area contributed by atoms with Gasteiger partial charge in [-0.2, -0.15) is 0 Å². The second-order valence-corrected chi connectivity index (χ2v) is 6.70. The molecule has 1 atom stereocenters. The summed E-state index contributed by atoms with van der Waals surface area (Å²) in [5.41, 5.74) is 4.48. The fourth-order valence-corrected chi connectivity index (χ4v) is 3.27. The molecule has 160 valence electrons. The van der Waals surface area contributed by atoms with Crippen molar-refractivity contribution in [2.75, 3.05) is 35.0 Å². The van der Waals surface area contributed by atoms with Crippen LogP contribution in [0, 0.1) is 0 Å². The average Bonchev–Trinajstić information content (AvgIpc) is 2.78. The van der Waals surface area contributed by atoms with Gasteiger partial charge in [-0.25, -0.2) is 9.59 Å². The molecule has 0 aliphatic heterocycles. The highest BCUT2D eigenvalue weighted by Crippen LogP contribution is 2.32. The number of carbonyl (C=O) groups excluding carboxylic acids is 2. The second kappa shape index (κ2) is 11.9. The van der Waals surface area contributed by atoms with Crippen molar-refractivity contribution >= 4 is 18.0 Å². The summed E-state index contributed by atoms with van der Waals surface area (Å²) in [5.74, 6) is -0.803. The Kier molecular flexibility index (Phi) is 9.25. The molecule has 0 amide bonds. The summed E-state index contributed by atoms with van der Waals surface area (Å²) in [6, 6.07) is 13.4. The molecular weight excluding hydrogens is 384 g/mol. The van der Waals surface area contributed by atoms with Gasteiger partial charge in [0.2, 0.25) is 0 Å². The molecule has 0 fully saturated rings. The Balaban J connectivity index is 2.52. The molecule has 0 N–H and O–H groups in total. The van der Waals surface area contributed by atoms with Crippen LogP contribution in [0.15, 0.2) is 48.5 Å². The van der Waals surface area contributed by atoms with E-state index >= 15 is 0 Å². The Morgan fingerprint density at radius 2 is 1.67 bits per heavy atom. The molecule has 0 aromatic heterocycles. The van der Waals surface area contributed by atoms with Crippen LogP contribution in [0.2, 0.25) is 0 Å². The maximum Gasteiger partial charge on any atom is 0.337 e. The molecule has 1 unspecified atom stereocenters. The molecule has 6 heteroatoms. The quantitative estimate of drug-likeness (QED) is 0.434. The largest absolute Gasteiger partial charge is 0.466 e. The summed E-state index contributed by atoms with van der Waals surface area (Å²) in [6.45, 7) is 1.03. The zero-order valence-corrected chi connectivity index (χ0v) is 17.8. The summed E-state index contributed by atoms with van der Waals surface area (Å²) in [4.78, 5) is 23.4. The number of esters is 2. The average molecular weight is 412 g/mol. The summed E-state index contributed by atoms with van der Waals surface area (Å²) in [5, 5.41) is 0. The fourth-order valence-electron chi connectivity index (χ4n) is 3.27. The van der Waals surface area contributed by atoms with Crippen molar-refractivity contribution in [2.24, 2.45) is 0 Å². The van der Waals surface area contributed by atoms with Gasteiger partial charge in [-0.15, -0.1) is 0 Å². The molecule has 2 aromatic rings. The number of carbonyl (C=O) groups is 2. The minimum absolute atomic E-state index is 0.00856. The highest BCUT2D eigenvalue weighted by molar-refractivity contribution is 5.89. The van der Waals surface area contributed by atoms with E-state index in [0.717, 1.165) is 28.7 Å². The van der Waals surface area contributed by atoms with Crippen molar-refractivity contribution in [3.05, 3.63) is 76.4 Å². The molecule has 0 saturated heterocycles. The maximum atomic E-state index is 11.8. The lowest BCUT2D eigenvalue weighted by molar-refractivity contribution is -0.134. The van der Waals surface area contributed by atoms with Gasteiger partial charge in [-0.05, 0) is 46.9 Å². The topological polar surface area (TPSA) is 71.1 Å². The normalized spacial score (nSPS) is 12.0. The summed E-state index contributed by atoms with van der Waals surface area (Å²) in [6.07, 6.45) is 3.88. The van der Waals surface area contributed by atoms with Crippen LogP contribution < -0.4 is 0 Å². The Morgan fingerprint density at radius 3 is 2.27 bits per heavy atom. The van der Waals surface area contributed by atoms with Gasteiger partial charge in [0, 0.05) is 32.8 Å². The molecule has 6 nitrogen and oxygen atoms in total. The Bertz CT molecular complexity index is 870. The Labute approximate surface area is 177 Å². The van der Waals surface area contributed by atoms with Crippen LogP contribution >= 0.6 is 0 Å². The zero-order chi connectivity index (χ0) is 21.9. The first-order chi connectivity index (χ1) is 14.5. The van der Waals surface area contributed by atoms with E-state index in [9.17, 15) is 9.59 Å². The van der Waals surface area contributed by atoms with E-state index in [1.165, 1.54) is 20.3 Å². The molecule has 2 aromatic carbocycles. The third kappa shape index (κ3) is 6.27. The van der Waals surface area contributed by atoms with Gasteiger partial charge >= 0.3 is 11.9 Å². The molecule has 30 heavy (non-hydrogen) atoms. The van der Waals surface area contributed by atoms with Crippen molar-refractivity contribution < 1.29 is 28.5 Å². The van der Waals surface area contributed by atoms with Crippen molar-refractivity contribution in [1.29, 1.82) is 0 Å². The number of benzene rings is 2. The molecule has 0 heterocycles. The van der Waals surface area contributed by atoms with Crippen LogP contribution in [0.5, 0.6) is 0 Å². The monoisotopic (exact) mass is 412 g/mol. The molecule has 2 rings (SSSR count). The van der Waals surface area contributed by atoms with Gasteiger partial charge < -0.3 is 18.9 Å². The molecule has 0 spiro atoms. The van der Waals surface area contributed by atoms with Crippen LogP contribution in [0.3, 0.4) is 0 Å². The van der Waals surface area contributed by atoms with Gasteiger partial charge in [-0.3, -0.25) is 0 Å². The van der Waals surface area contributed by atoms with E-state index in [1.54, 1.807) is 32.4 Å². The van der Waals surface area contributed by atoms with E-state index in [-0.39, 0.29) is 11.9 Å². The lowest BCUT2D eigenvalue weighted by Gasteiger charge is -2.21. The van der Waals surface area contributed by atoms with Gasteiger partial charge in [0.05, 0.1) is 26.4 Å². The van der Waals surface area contributed by atoms with Crippen molar-refractivity contribution in [3.8, 4) is 0 Å². The predicted molar refractivity (Wildman–Crippen MR) is 114 cm³/mol. The van der Waals surface area contributed by atoms with E-state index in [1.807, 2.05) is 24.3 Å². The number of ether oxygens (including phenoxy) is 4. The van der Waals surface area contributed by atoms with Crippen LogP contribution in [0.25, 0.3) is 6.08 Å². The molecule has 0 aliphatic rings. The second-order valence-electron chi connectivity index (χ2n) is 6.70. The smallest absolute Gasteiger partial charge is 0.337 e. The first kappa shape index (κ1) is 23.3. The van der Waals surface area contributed by atoms with Crippen molar-refractivity contribution in [2.45, 2.75) is 18.9 Å². The minimum atomic E-state index is -0.419. The summed E-state index contributed by atoms with van der Waals surface area (Å²) in [7, 11) is 6.02. The highest BCUT2D eigenvalue weighted by Gasteiger charge is 2.19. The Morgan fingerprint density at radius 1 is 0.933 bits per heavy atom. The van der Waals surface area contributed by atoms with Gasteiger partial charge in [0.15, 0.2) is 0 Å². The SMILES string of the molecule is COCCC(c1ccc(C(=O)OC)cc1)c1cc(COC)ccc1/C=C/C(=O)OC. The molecule has 0 saturated carbocycles. The predicted octanol–water partition coefficient (Wildman–Crippen LogP) is 3.97. The van der Waals surface area contributed by atoms with Crippen LogP contribution in [0.1, 0.15) is 45.0 Å². The molecule has 0 bridgehead atoms. The van der Waals surface area contributed by atoms with E-state index < -0.39 is 5.97 Å². The molecule has 0 radical (unpaired) electrons. The Hall–Kier alpha value is -2.96. The number of methoxy groups -OCH3 is 4. The standard InChI is InChI=1S/C24H28O6/c1-27-14-13-21(18-7-9-20(10-8-18)24(26)30-4)22-15-17(16-28-2)5-6-19(22)11-12-23(25)29-3/h5-12,15,21H,13-14,16H2,1-4H3/b12-11+. The minimum Gasteiger partial charge on any atom is -0.466 e. The van der Waals surface area contributed by atoms with Gasteiger partial charge in [0.1, 0.15) is 0 Å². The van der Waals surface area contributed by atoms with E-state index in [0.29, 0.717) is 18.8 Å². The third-order valence-electron chi connectivity index (χ3n) is 4.78. The van der Waals surface area contributed by atoms with Gasteiger partial charge in [-0.1, -0.05) is 30.3 Å². The molecular formula is C24H28O6. The van der Waals surface area contributed by atoms with E-state index in [4.69, 9.17) is 18.9 Å². The van der Waals surface area contributed by atoms with Crippen LogP contribution in [-0.2, 0) is 30.3 Å². The number of hydrogen-bond donors (Lipinski definition) is 0. The lowest BCUT2D eigenvalue weighted by Crippen LogP contribution is -2.09. The van der Waals surface area contributed by atoms with Crippen LogP contribution in [0.4, 0.5) is 0 Å². The molecule has 0 aliphatic carbocycles. The first-order valence-corrected chi connectivity index (χ1v) is 9.59. The third-order valence-corrected chi connectivity index (χ3v) is 4.78. The van der Waals surface area contributed by atoms with Crippen LogP contribution in [-0.4, -0.2) is 47.0 Å². The van der Waals surface area contributed by atoms with Gasteiger partial charge in [0.25, 0.3) is 0 Å². The summed E-state index contributed by atoms with van der Waals surface area (Å²) >= 11 is 0. The number of rotatable bonds is 10. The number of hydrogen-bond acceptors (Lipinski definition) is 6. The maximum absolute atomic E-state index is 11.8. The lowest BCUT2D eigenvalue weighted by atomic mass is 9.84.